The van der Waals surface area contributed by atoms with Crippen LogP contribution in [0.1, 0.15) is 54.5 Å². The quantitative estimate of drug-likeness (QED) is 0.895. The van der Waals surface area contributed by atoms with E-state index in [2.05, 4.69) is 21.8 Å². The van der Waals surface area contributed by atoms with Gasteiger partial charge in [-0.25, -0.2) is 4.98 Å². The molecule has 5 heteroatoms. The summed E-state index contributed by atoms with van der Waals surface area (Å²) < 4.78 is 2.19. The lowest BCUT2D eigenvalue weighted by Crippen LogP contribution is -2.20. The van der Waals surface area contributed by atoms with E-state index in [1.54, 1.807) is 7.05 Å². The standard InChI is InChI=1S/C15H20N4O/c1-3-11(16)14-18-12-6-4-5-10(15(20)17-2)13(12)19(14)9-7-8-9/h4-6,9,11H,3,7-8,16H2,1-2H3,(H,17,20)/t11-/m0/s1. The molecule has 1 saturated carbocycles. The van der Waals surface area contributed by atoms with Crippen molar-refractivity contribution in [2.75, 3.05) is 7.05 Å². The maximum atomic E-state index is 12.1. The van der Waals surface area contributed by atoms with Gasteiger partial charge in [0.05, 0.1) is 22.6 Å². The lowest BCUT2D eigenvalue weighted by Gasteiger charge is -2.13. The van der Waals surface area contributed by atoms with Crippen molar-refractivity contribution in [3.63, 3.8) is 0 Å². The number of fused-ring (bicyclic) bond motifs is 1. The van der Waals surface area contributed by atoms with Crippen molar-refractivity contribution in [2.45, 2.75) is 38.3 Å². The van der Waals surface area contributed by atoms with Crippen LogP contribution >= 0.6 is 0 Å². The Kier molecular flexibility index (Phi) is 3.22. The van der Waals surface area contributed by atoms with Gasteiger partial charge in [0.2, 0.25) is 0 Å². The Bertz CT molecular complexity index is 657. The maximum Gasteiger partial charge on any atom is 0.253 e. The molecular weight excluding hydrogens is 252 g/mol. The minimum absolute atomic E-state index is 0.0750. The second-order valence-corrected chi connectivity index (χ2v) is 5.34. The van der Waals surface area contributed by atoms with Crippen LogP contribution in [0.4, 0.5) is 0 Å². The molecule has 0 spiro atoms. The molecule has 1 heterocycles. The lowest BCUT2D eigenvalue weighted by molar-refractivity contribution is 0.0964. The fraction of sp³-hybridized carbons (Fsp3) is 0.467. The highest BCUT2D eigenvalue weighted by Gasteiger charge is 2.31. The molecule has 1 atom stereocenters. The Labute approximate surface area is 118 Å². The lowest BCUT2D eigenvalue weighted by atomic mass is 10.1. The van der Waals surface area contributed by atoms with Gasteiger partial charge in [0.15, 0.2) is 0 Å². The molecule has 106 valence electrons. The fourth-order valence-electron chi connectivity index (χ4n) is 2.63. The monoisotopic (exact) mass is 272 g/mol. The number of carbonyl (C=O) groups excluding carboxylic acids is 1. The third-order valence-electron chi connectivity index (χ3n) is 3.89. The SMILES string of the molecule is CC[C@H](N)c1nc2cccc(C(=O)NC)c2n1C1CC1. The first-order valence-corrected chi connectivity index (χ1v) is 7.15. The zero-order chi connectivity index (χ0) is 14.3. The Morgan fingerprint density at radius 2 is 2.30 bits per heavy atom. The maximum absolute atomic E-state index is 12.1. The summed E-state index contributed by atoms with van der Waals surface area (Å²) in [6, 6.07) is 6.03. The third-order valence-corrected chi connectivity index (χ3v) is 3.89. The van der Waals surface area contributed by atoms with Gasteiger partial charge in [0, 0.05) is 13.1 Å². The first-order chi connectivity index (χ1) is 9.67. The summed E-state index contributed by atoms with van der Waals surface area (Å²) in [5.74, 6) is 0.829. The van der Waals surface area contributed by atoms with Crippen molar-refractivity contribution in [1.29, 1.82) is 0 Å². The van der Waals surface area contributed by atoms with Crippen LogP contribution in [0, 0.1) is 0 Å². The largest absolute Gasteiger partial charge is 0.355 e. The summed E-state index contributed by atoms with van der Waals surface area (Å²) in [7, 11) is 1.65. The van der Waals surface area contributed by atoms with E-state index in [1.807, 2.05) is 18.2 Å². The van der Waals surface area contributed by atoms with Gasteiger partial charge < -0.3 is 15.6 Å². The van der Waals surface area contributed by atoms with Crippen LogP contribution in [-0.2, 0) is 0 Å². The highest BCUT2D eigenvalue weighted by Crippen LogP contribution is 2.40. The third kappa shape index (κ3) is 1.98. The summed E-state index contributed by atoms with van der Waals surface area (Å²) in [4.78, 5) is 16.8. The molecule has 3 rings (SSSR count). The highest BCUT2D eigenvalue weighted by atomic mass is 16.1. The van der Waals surface area contributed by atoms with E-state index in [0.717, 1.165) is 36.1 Å². The van der Waals surface area contributed by atoms with Gasteiger partial charge in [0.1, 0.15) is 5.82 Å². The summed E-state index contributed by atoms with van der Waals surface area (Å²) in [5, 5.41) is 2.70. The van der Waals surface area contributed by atoms with E-state index in [1.165, 1.54) is 0 Å². The number of amides is 1. The molecule has 0 unspecified atom stereocenters. The Balaban J connectivity index is 2.28. The molecule has 2 aromatic rings. The van der Waals surface area contributed by atoms with Gasteiger partial charge in [-0.3, -0.25) is 4.79 Å². The summed E-state index contributed by atoms with van der Waals surface area (Å²) in [6.07, 6.45) is 3.11. The Morgan fingerprint density at radius 1 is 1.55 bits per heavy atom. The van der Waals surface area contributed by atoms with Crippen molar-refractivity contribution < 1.29 is 4.79 Å². The highest BCUT2D eigenvalue weighted by molar-refractivity contribution is 6.05. The molecule has 0 aliphatic heterocycles. The number of hydrogen-bond acceptors (Lipinski definition) is 3. The smallest absolute Gasteiger partial charge is 0.253 e. The van der Waals surface area contributed by atoms with Crippen molar-refractivity contribution in [2.24, 2.45) is 5.73 Å². The van der Waals surface area contributed by atoms with Crippen molar-refractivity contribution in [3.8, 4) is 0 Å². The molecule has 0 radical (unpaired) electrons. The predicted molar refractivity (Wildman–Crippen MR) is 78.6 cm³/mol. The van der Waals surface area contributed by atoms with E-state index >= 15 is 0 Å². The Hall–Kier alpha value is -1.88. The first-order valence-electron chi connectivity index (χ1n) is 7.15. The summed E-state index contributed by atoms with van der Waals surface area (Å²) in [5.41, 5.74) is 8.66. The molecule has 1 aliphatic rings. The molecular formula is C15H20N4O. The van der Waals surface area contributed by atoms with E-state index in [0.29, 0.717) is 11.6 Å². The van der Waals surface area contributed by atoms with Crippen LogP contribution in [0.5, 0.6) is 0 Å². The van der Waals surface area contributed by atoms with E-state index in [-0.39, 0.29) is 11.9 Å². The number of hydrogen-bond donors (Lipinski definition) is 2. The van der Waals surface area contributed by atoms with Crippen LogP contribution in [0.15, 0.2) is 18.2 Å². The van der Waals surface area contributed by atoms with Gasteiger partial charge in [-0.2, -0.15) is 0 Å². The van der Waals surface area contributed by atoms with Crippen LogP contribution in [0.3, 0.4) is 0 Å². The first kappa shape index (κ1) is 13.1. The van der Waals surface area contributed by atoms with Crippen LogP contribution in [0.25, 0.3) is 11.0 Å². The van der Waals surface area contributed by atoms with Gasteiger partial charge in [-0.05, 0) is 31.4 Å². The van der Waals surface area contributed by atoms with Crippen LogP contribution in [0.2, 0.25) is 0 Å². The molecule has 3 N–H and O–H groups in total. The molecule has 1 fully saturated rings. The van der Waals surface area contributed by atoms with E-state index < -0.39 is 0 Å². The molecule has 5 nitrogen and oxygen atoms in total. The number of rotatable bonds is 4. The van der Waals surface area contributed by atoms with Crippen LogP contribution < -0.4 is 11.1 Å². The van der Waals surface area contributed by atoms with Gasteiger partial charge in [0.25, 0.3) is 5.91 Å². The van der Waals surface area contributed by atoms with E-state index in [9.17, 15) is 4.79 Å². The number of imidazole rings is 1. The van der Waals surface area contributed by atoms with Gasteiger partial charge >= 0.3 is 0 Å². The molecule has 0 bridgehead atoms. The van der Waals surface area contributed by atoms with Gasteiger partial charge in [-0.1, -0.05) is 13.0 Å². The molecule has 0 saturated heterocycles. The number of benzene rings is 1. The molecule has 20 heavy (non-hydrogen) atoms. The fourth-order valence-corrected chi connectivity index (χ4v) is 2.63. The normalized spacial score (nSPS) is 16.4. The number of nitrogens with one attached hydrogen (secondary N) is 1. The second kappa shape index (κ2) is 4.90. The molecule has 1 aromatic heterocycles. The molecule has 1 aliphatic carbocycles. The van der Waals surface area contributed by atoms with Crippen molar-refractivity contribution in [3.05, 3.63) is 29.6 Å². The number of para-hydroxylation sites is 1. The van der Waals surface area contributed by atoms with Crippen molar-refractivity contribution >= 4 is 16.9 Å². The molecule has 1 amide bonds. The summed E-state index contributed by atoms with van der Waals surface area (Å²) >= 11 is 0. The number of carbonyl (C=O) groups is 1. The number of nitrogens with zero attached hydrogens (tertiary/aromatic N) is 2. The average Bonchev–Trinajstić information content (AvgIpc) is 3.24. The molecule has 1 aromatic carbocycles. The van der Waals surface area contributed by atoms with E-state index in [4.69, 9.17) is 5.73 Å². The predicted octanol–water partition coefficient (Wildman–Crippen LogP) is 2.14. The van der Waals surface area contributed by atoms with Gasteiger partial charge in [-0.15, -0.1) is 0 Å². The number of nitrogens with two attached hydrogens (primary N) is 1. The second-order valence-electron chi connectivity index (χ2n) is 5.34. The zero-order valence-electron chi connectivity index (χ0n) is 11.9. The average molecular weight is 272 g/mol. The minimum Gasteiger partial charge on any atom is -0.355 e. The number of aromatic nitrogens is 2. The zero-order valence-corrected chi connectivity index (χ0v) is 11.9. The minimum atomic E-state index is -0.0828. The topological polar surface area (TPSA) is 72.9 Å². The van der Waals surface area contributed by atoms with Crippen molar-refractivity contribution in [1.82, 2.24) is 14.9 Å². The van der Waals surface area contributed by atoms with Crippen LogP contribution in [-0.4, -0.2) is 22.5 Å². The Morgan fingerprint density at radius 3 is 2.90 bits per heavy atom. The summed E-state index contributed by atoms with van der Waals surface area (Å²) in [6.45, 7) is 2.06.